The fourth-order valence-electron chi connectivity index (χ4n) is 15.2. The van der Waals surface area contributed by atoms with Gasteiger partial charge in [0.2, 0.25) is 0 Å². The van der Waals surface area contributed by atoms with Crippen LogP contribution in [-0.2, 0) is 4.74 Å². The zero-order valence-electron chi connectivity index (χ0n) is 61.2. The maximum Gasteiger partial charge on any atom is 0.167 e. The number of halogens is 9. The number of methoxy groups -OCH3 is 1. The topological polar surface area (TPSA) is 241 Å². The lowest BCUT2D eigenvalue weighted by Crippen LogP contribution is -2.47. The van der Waals surface area contributed by atoms with Gasteiger partial charge in [-0.25, -0.2) is 26.3 Å². The molecule has 0 aromatic heterocycles. The van der Waals surface area contributed by atoms with E-state index in [9.17, 15) is 26.3 Å². The quantitative estimate of drug-likeness (QED) is 0.0396. The van der Waals surface area contributed by atoms with Crippen LogP contribution in [-0.4, -0.2) is 72.4 Å². The van der Waals surface area contributed by atoms with Crippen LogP contribution in [0.1, 0.15) is 247 Å². The number of hydrogen-bond donors (Lipinski definition) is 7. The van der Waals surface area contributed by atoms with Gasteiger partial charge in [-0.15, -0.1) is 0 Å². The van der Waals surface area contributed by atoms with Crippen molar-refractivity contribution in [3.63, 3.8) is 0 Å². The Labute approximate surface area is 620 Å². The highest BCUT2D eigenvalue weighted by molar-refractivity contribution is 6.43. The zero-order valence-corrected chi connectivity index (χ0v) is 63.5. The Balaban J connectivity index is 0.000000173. The highest BCUT2D eigenvalue weighted by atomic mass is 35.5. The van der Waals surface area contributed by atoms with Crippen molar-refractivity contribution in [1.29, 1.82) is 0 Å². The van der Waals surface area contributed by atoms with E-state index >= 15 is 0 Å². The first-order valence-electron chi connectivity index (χ1n) is 36.4. The number of fused-ring (bicyclic) bond motifs is 6. The first-order chi connectivity index (χ1) is 49.0. The van der Waals surface area contributed by atoms with Crippen molar-refractivity contribution in [3.8, 4) is 34.5 Å². The molecule has 23 heteroatoms. The van der Waals surface area contributed by atoms with Crippen LogP contribution >= 0.6 is 34.8 Å². The third-order valence-corrected chi connectivity index (χ3v) is 21.7. The molecule has 7 atom stereocenters. The van der Waals surface area contributed by atoms with Gasteiger partial charge in [0.15, 0.2) is 17.2 Å². The molecule has 6 heterocycles. The molecule has 13 N–H and O–H groups in total. The van der Waals surface area contributed by atoms with Crippen LogP contribution in [0.4, 0.5) is 26.3 Å². The van der Waals surface area contributed by atoms with Crippen LogP contribution in [0.2, 0.25) is 15.1 Å². The lowest BCUT2D eigenvalue weighted by Gasteiger charge is -2.41. The van der Waals surface area contributed by atoms with Crippen LogP contribution in [0, 0.1) is 23.3 Å². The molecule has 0 spiro atoms. The van der Waals surface area contributed by atoms with Gasteiger partial charge in [0.05, 0.1) is 11.6 Å². The maximum absolute atomic E-state index is 13.9. The summed E-state index contributed by atoms with van der Waals surface area (Å²) in [6.45, 7) is 15.5. The number of benzene rings is 6. The van der Waals surface area contributed by atoms with E-state index in [4.69, 9.17) is 107 Å². The summed E-state index contributed by atoms with van der Waals surface area (Å²) in [5.41, 5.74) is 38.6. The summed E-state index contributed by atoms with van der Waals surface area (Å²) in [6.07, 6.45) is 16.0. The molecule has 0 saturated heterocycles. The van der Waals surface area contributed by atoms with Gasteiger partial charge in [0, 0.05) is 139 Å². The Morgan fingerprint density at radius 3 is 1.28 bits per heavy atom. The smallest absolute Gasteiger partial charge is 0.167 e. The van der Waals surface area contributed by atoms with E-state index in [1.54, 1.807) is 49.6 Å². The molecule has 0 radical (unpaired) electrons. The van der Waals surface area contributed by atoms with E-state index in [1.165, 1.54) is 48.5 Å². The van der Waals surface area contributed by atoms with E-state index in [-0.39, 0.29) is 88.9 Å². The van der Waals surface area contributed by atoms with E-state index in [2.05, 4.69) is 55.4 Å². The number of nitrogens with two attached hydrogens (primary N) is 6. The largest absolute Gasteiger partial charge is 0.487 e. The molecule has 0 saturated carbocycles. The molecule has 570 valence electrons. The minimum absolute atomic E-state index is 0.00733. The number of aliphatic hydroxyl groups is 1. The van der Waals surface area contributed by atoms with Crippen molar-refractivity contribution in [2.45, 2.75) is 247 Å². The second-order valence-electron chi connectivity index (χ2n) is 28.3. The van der Waals surface area contributed by atoms with Crippen molar-refractivity contribution in [2.24, 2.45) is 34.4 Å². The number of aliphatic hydroxyl groups excluding tert-OH is 1. The van der Waals surface area contributed by atoms with Gasteiger partial charge in [-0.2, -0.15) is 0 Å². The summed E-state index contributed by atoms with van der Waals surface area (Å²) in [5, 5.41) is 10.6. The van der Waals surface area contributed by atoms with Crippen LogP contribution in [0.15, 0.2) is 103 Å². The molecule has 1 unspecified atom stereocenters. The van der Waals surface area contributed by atoms with Gasteiger partial charge >= 0.3 is 0 Å². The SMILES string of the molecule is CCC1(CC)C[C@@H](N)c2ccc(Cl)c(Cl)c2O1.CCC1(CC)C[C@@H](N)c2ccc(F)cc2O1.CCCC1(CCC)C[C@@H](N)c2cc(F)ccc2O1.CCCC1(CCC)C[C@@H](N)c2cccc(F)c2O1.COCC1(CCO)C[C@@H](N)c2cc(F)ccc2O1.N[C@H]1CC(CF)(CF)Oc2cc(Cl)ccc21. The average Bonchev–Trinajstić information content (AvgIpc) is 0.814. The molecule has 6 aromatic carbocycles. The van der Waals surface area contributed by atoms with Crippen LogP contribution < -0.4 is 62.8 Å². The van der Waals surface area contributed by atoms with Crippen LogP contribution in [0.5, 0.6) is 34.5 Å². The summed E-state index contributed by atoms with van der Waals surface area (Å²) >= 11 is 18.0. The monoisotopic (exact) mass is 1500 g/mol. The van der Waals surface area contributed by atoms with Crippen LogP contribution in [0.25, 0.3) is 0 Å². The first-order valence-corrected chi connectivity index (χ1v) is 37.5. The lowest BCUT2D eigenvalue weighted by molar-refractivity contribution is -0.0456. The number of hydrogen-bond acceptors (Lipinski definition) is 14. The van der Waals surface area contributed by atoms with Gasteiger partial charge in [0.1, 0.15) is 92.6 Å². The molecule has 103 heavy (non-hydrogen) atoms. The summed E-state index contributed by atoms with van der Waals surface area (Å²) in [7, 11) is 1.58. The summed E-state index contributed by atoms with van der Waals surface area (Å²) in [5.74, 6) is 2.23. The molecule has 0 fully saturated rings. The molecule has 12 rings (SSSR count). The Morgan fingerprint density at radius 1 is 0.408 bits per heavy atom. The minimum atomic E-state index is -1.45. The predicted molar refractivity (Wildman–Crippen MR) is 399 cm³/mol. The molecule has 6 aromatic rings. The van der Waals surface area contributed by atoms with Crippen LogP contribution in [0.3, 0.4) is 0 Å². The van der Waals surface area contributed by atoms with Crippen molar-refractivity contribution in [3.05, 3.63) is 175 Å². The molecular formula is C80H109Cl3F6N6O8. The molecule has 14 nitrogen and oxygen atoms in total. The van der Waals surface area contributed by atoms with E-state index in [0.29, 0.717) is 68.8 Å². The third kappa shape index (κ3) is 20.7. The second-order valence-corrected chi connectivity index (χ2v) is 29.6. The number of alkyl halides is 2. The molecule has 0 aliphatic carbocycles. The first kappa shape index (κ1) is 84.5. The Morgan fingerprint density at radius 2 is 0.786 bits per heavy atom. The number of rotatable bonds is 18. The van der Waals surface area contributed by atoms with Crippen molar-refractivity contribution in [2.75, 3.05) is 33.7 Å². The van der Waals surface area contributed by atoms with E-state index in [0.717, 1.165) is 136 Å². The Hall–Kier alpha value is -5.75. The van der Waals surface area contributed by atoms with Crippen molar-refractivity contribution < 1.29 is 64.6 Å². The van der Waals surface area contributed by atoms with Crippen molar-refractivity contribution in [1.82, 2.24) is 0 Å². The van der Waals surface area contributed by atoms with E-state index < -0.39 is 30.6 Å². The normalized spacial score (nSPS) is 22.6. The second kappa shape index (κ2) is 37.7. The number of para-hydroxylation sites is 1. The Kier molecular flexibility index (Phi) is 30.9. The molecule has 0 amide bonds. The van der Waals surface area contributed by atoms with Gasteiger partial charge in [-0.3, -0.25) is 0 Å². The maximum atomic E-state index is 13.9. The van der Waals surface area contributed by atoms with Gasteiger partial charge in [0.25, 0.3) is 0 Å². The molecule has 6 aliphatic heterocycles. The molecular weight excluding hydrogens is 1390 g/mol. The average molecular weight is 1500 g/mol. The highest BCUT2D eigenvalue weighted by Gasteiger charge is 2.45. The molecule has 6 aliphatic rings. The van der Waals surface area contributed by atoms with Crippen molar-refractivity contribution >= 4 is 34.8 Å². The Bertz CT molecular complexity index is 3520. The summed E-state index contributed by atoms with van der Waals surface area (Å²) in [4.78, 5) is 0. The third-order valence-electron chi connectivity index (χ3n) is 20.7. The predicted octanol–water partition coefficient (Wildman–Crippen LogP) is 19.6. The van der Waals surface area contributed by atoms with E-state index in [1.807, 2.05) is 12.1 Å². The van der Waals surface area contributed by atoms with Gasteiger partial charge in [-0.05, 0) is 118 Å². The van der Waals surface area contributed by atoms with Gasteiger partial charge in [-0.1, -0.05) is 146 Å². The fraction of sp³-hybridized carbons (Fsp3) is 0.550. The standard InChI is InChI=1S/2C15H22FNO.C13H17Cl2NO.C13H18FNO3.C13H18FNO.C11H12ClF2NO/c1-3-8-15(9-4-2)10-13(17)11-6-5-7-12(16)14(11)18-15;1-3-7-15(8-4-2)10-13(17)12-9-11(16)5-6-14(12)18-15;1-3-13(4-2)7-10(16)8-5-6-9(14)11(15)12(8)17-13;1-17-8-13(4-5-16)7-11(15)10-6-9(14)2-3-12(10)18-13;1-3-13(4-2)8-11(15)10-6-5-9(14)7-12(10)16-13;12-7-1-2-8-9(15)4-11(5-13,6-14)16-10(8)3-7/h5-7,13H,3-4,8-10,17H2,1-2H3;5-6,9,13H,3-4,7-8,10,17H2,1-2H3;5-6,10H,3-4,7,16H2,1-2H3;2-3,6,11,16H,4-5,7-8,15H2,1H3;5-7,11H,3-4,8,15H2,1-2H3;1-3,9H,4-6,15H2/t2*13-;10-;11-,13?;11-;9-/m111110/s1. The molecule has 0 bridgehead atoms. The fourth-order valence-corrected chi connectivity index (χ4v) is 15.7. The lowest BCUT2D eigenvalue weighted by atomic mass is 9.81. The summed E-state index contributed by atoms with van der Waals surface area (Å²) in [6, 6.07) is 26.1. The van der Waals surface area contributed by atoms with Gasteiger partial charge < -0.3 is 72.7 Å². The minimum Gasteiger partial charge on any atom is -0.487 e. The zero-order chi connectivity index (χ0) is 75.7. The number of ether oxygens (including phenoxy) is 7. The highest BCUT2D eigenvalue weighted by Crippen LogP contribution is 2.50. The summed E-state index contributed by atoms with van der Waals surface area (Å²) < 4.78 is 120.